The Kier molecular flexibility index (Phi) is 1.97. The standard InChI is InChI=1S/C9H10BrNO/c1-12-8-3-2-7-6(9(8)10)4-5-11-7/h2-3,11H,4-5H2,1H3. The normalized spacial score (nSPS) is 13.8. The molecule has 0 fully saturated rings. The summed E-state index contributed by atoms with van der Waals surface area (Å²) in [5, 5.41) is 3.31. The minimum Gasteiger partial charge on any atom is -0.496 e. The number of hydrogen-bond acceptors (Lipinski definition) is 2. The van der Waals surface area contributed by atoms with E-state index in [0.717, 1.165) is 23.2 Å². The molecule has 0 radical (unpaired) electrons. The fraction of sp³-hybridized carbons (Fsp3) is 0.333. The Morgan fingerprint density at radius 1 is 1.50 bits per heavy atom. The Bertz CT molecular complexity index is 312. The van der Waals surface area contributed by atoms with Crippen molar-refractivity contribution >= 4 is 21.6 Å². The van der Waals surface area contributed by atoms with Crippen LogP contribution in [0.4, 0.5) is 5.69 Å². The third-order valence-corrected chi connectivity index (χ3v) is 2.99. The lowest BCUT2D eigenvalue weighted by Gasteiger charge is -2.06. The van der Waals surface area contributed by atoms with Crippen molar-refractivity contribution in [2.24, 2.45) is 0 Å². The molecule has 1 aromatic carbocycles. The van der Waals surface area contributed by atoms with Gasteiger partial charge in [0.25, 0.3) is 0 Å². The lowest BCUT2D eigenvalue weighted by atomic mass is 10.1. The molecule has 1 aromatic rings. The Labute approximate surface area is 80.1 Å². The molecule has 3 heteroatoms. The molecule has 0 aromatic heterocycles. The van der Waals surface area contributed by atoms with Gasteiger partial charge in [0.2, 0.25) is 0 Å². The number of halogens is 1. The van der Waals surface area contributed by atoms with Crippen LogP contribution in [0.3, 0.4) is 0 Å². The zero-order valence-corrected chi connectivity index (χ0v) is 8.44. The van der Waals surface area contributed by atoms with Gasteiger partial charge in [-0.1, -0.05) is 0 Å². The van der Waals surface area contributed by atoms with Gasteiger partial charge < -0.3 is 10.1 Å². The molecule has 0 saturated carbocycles. The second kappa shape index (κ2) is 2.98. The van der Waals surface area contributed by atoms with Crippen molar-refractivity contribution < 1.29 is 4.74 Å². The number of rotatable bonds is 1. The van der Waals surface area contributed by atoms with Crippen LogP contribution in [0.2, 0.25) is 0 Å². The fourth-order valence-electron chi connectivity index (χ4n) is 1.49. The smallest absolute Gasteiger partial charge is 0.133 e. The van der Waals surface area contributed by atoms with E-state index in [4.69, 9.17) is 4.74 Å². The zero-order chi connectivity index (χ0) is 8.55. The van der Waals surface area contributed by atoms with Gasteiger partial charge in [0.15, 0.2) is 0 Å². The van der Waals surface area contributed by atoms with Gasteiger partial charge in [-0.2, -0.15) is 0 Å². The average Bonchev–Trinajstić information content (AvgIpc) is 2.53. The second-order valence-corrected chi connectivity index (χ2v) is 3.58. The summed E-state index contributed by atoms with van der Waals surface area (Å²) in [4.78, 5) is 0. The minimum atomic E-state index is 0.914. The van der Waals surface area contributed by atoms with E-state index in [9.17, 15) is 0 Å². The molecular weight excluding hydrogens is 218 g/mol. The first-order valence-corrected chi connectivity index (χ1v) is 4.71. The maximum atomic E-state index is 5.20. The van der Waals surface area contributed by atoms with Crippen LogP contribution in [-0.2, 0) is 6.42 Å². The molecule has 2 rings (SSSR count). The van der Waals surface area contributed by atoms with Crippen LogP contribution in [0.5, 0.6) is 5.75 Å². The topological polar surface area (TPSA) is 21.3 Å². The lowest BCUT2D eigenvalue weighted by Crippen LogP contribution is -1.90. The summed E-state index contributed by atoms with van der Waals surface area (Å²) >= 11 is 3.53. The number of nitrogens with one attached hydrogen (secondary N) is 1. The van der Waals surface area contributed by atoms with Gasteiger partial charge in [0.05, 0.1) is 11.6 Å². The fourth-order valence-corrected chi connectivity index (χ4v) is 2.20. The van der Waals surface area contributed by atoms with Crippen LogP contribution in [0.25, 0.3) is 0 Å². The van der Waals surface area contributed by atoms with E-state index in [0.29, 0.717) is 0 Å². The highest BCUT2D eigenvalue weighted by atomic mass is 79.9. The van der Waals surface area contributed by atoms with E-state index in [1.165, 1.54) is 11.3 Å². The molecule has 2 nitrogen and oxygen atoms in total. The minimum absolute atomic E-state index is 0.914. The molecule has 1 heterocycles. The van der Waals surface area contributed by atoms with E-state index < -0.39 is 0 Å². The highest BCUT2D eigenvalue weighted by molar-refractivity contribution is 9.10. The van der Waals surface area contributed by atoms with Gasteiger partial charge >= 0.3 is 0 Å². The highest BCUT2D eigenvalue weighted by Crippen LogP contribution is 2.36. The summed E-state index contributed by atoms with van der Waals surface area (Å²) in [6, 6.07) is 4.03. The zero-order valence-electron chi connectivity index (χ0n) is 6.86. The molecule has 1 aliphatic heterocycles. The van der Waals surface area contributed by atoms with Crippen LogP contribution in [0, 0.1) is 0 Å². The Hall–Kier alpha value is -0.700. The summed E-state index contributed by atoms with van der Waals surface area (Å²) in [6.45, 7) is 1.03. The number of anilines is 1. The number of fused-ring (bicyclic) bond motifs is 1. The summed E-state index contributed by atoms with van der Waals surface area (Å²) in [7, 11) is 1.69. The molecule has 0 saturated heterocycles. The molecule has 0 amide bonds. The van der Waals surface area contributed by atoms with Crippen LogP contribution < -0.4 is 10.1 Å². The predicted molar refractivity (Wildman–Crippen MR) is 52.9 cm³/mol. The van der Waals surface area contributed by atoms with Crippen molar-refractivity contribution in [1.82, 2.24) is 0 Å². The van der Waals surface area contributed by atoms with E-state index in [2.05, 4.69) is 27.3 Å². The van der Waals surface area contributed by atoms with Gasteiger partial charge in [-0.3, -0.25) is 0 Å². The molecule has 1 N–H and O–H groups in total. The van der Waals surface area contributed by atoms with Crippen molar-refractivity contribution in [2.75, 3.05) is 19.0 Å². The Morgan fingerprint density at radius 2 is 2.33 bits per heavy atom. The first-order chi connectivity index (χ1) is 5.83. The average molecular weight is 228 g/mol. The Balaban J connectivity index is 2.54. The summed E-state index contributed by atoms with van der Waals surface area (Å²) in [5.74, 6) is 0.914. The predicted octanol–water partition coefficient (Wildman–Crippen LogP) is 2.43. The quantitative estimate of drug-likeness (QED) is 0.796. The van der Waals surface area contributed by atoms with E-state index >= 15 is 0 Å². The summed E-state index contributed by atoms with van der Waals surface area (Å²) < 4.78 is 6.29. The van der Waals surface area contributed by atoms with Crippen LogP contribution in [0.1, 0.15) is 5.56 Å². The van der Waals surface area contributed by atoms with Gasteiger partial charge in [-0.05, 0) is 40.0 Å². The largest absolute Gasteiger partial charge is 0.496 e. The molecule has 0 bridgehead atoms. The molecule has 0 atom stereocenters. The Morgan fingerprint density at radius 3 is 3.08 bits per heavy atom. The molecule has 1 aliphatic rings. The number of benzene rings is 1. The number of methoxy groups -OCH3 is 1. The van der Waals surface area contributed by atoms with Crippen LogP contribution >= 0.6 is 15.9 Å². The van der Waals surface area contributed by atoms with E-state index in [1.54, 1.807) is 7.11 Å². The van der Waals surface area contributed by atoms with Crippen molar-refractivity contribution in [3.8, 4) is 5.75 Å². The van der Waals surface area contributed by atoms with Crippen LogP contribution in [0.15, 0.2) is 16.6 Å². The van der Waals surface area contributed by atoms with E-state index in [1.807, 2.05) is 6.07 Å². The van der Waals surface area contributed by atoms with E-state index in [-0.39, 0.29) is 0 Å². The maximum absolute atomic E-state index is 5.20. The number of ether oxygens (including phenoxy) is 1. The van der Waals surface area contributed by atoms with Gasteiger partial charge in [-0.25, -0.2) is 0 Å². The van der Waals surface area contributed by atoms with Crippen molar-refractivity contribution in [2.45, 2.75) is 6.42 Å². The van der Waals surface area contributed by atoms with Crippen molar-refractivity contribution in [3.63, 3.8) is 0 Å². The van der Waals surface area contributed by atoms with Gasteiger partial charge in [0.1, 0.15) is 5.75 Å². The summed E-state index contributed by atoms with van der Waals surface area (Å²) in [6.07, 6.45) is 1.08. The SMILES string of the molecule is COc1ccc2c(c1Br)CCN2. The first-order valence-electron chi connectivity index (χ1n) is 3.92. The molecule has 64 valence electrons. The van der Waals surface area contributed by atoms with Gasteiger partial charge in [-0.15, -0.1) is 0 Å². The van der Waals surface area contributed by atoms with Gasteiger partial charge in [0, 0.05) is 12.2 Å². The van der Waals surface area contributed by atoms with Crippen molar-refractivity contribution in [1.29, 1.82) is 0 Å². The monoisotopic (exact) mass is 227 g/mol. The molecule has 0 aliphatic carbocycles. The third kappa shape index (κ3) is 1.08. The highest BCUT2D eigenvalue weighted by Gasteiger charge is 2.15. The summed E-state index contributed by atoms with van der Waals surface area (Å²) in [5.41, 5.74) is 2.55. The first kappa shape index (κ1) is 7.92. The molecule has 0 spiro atoms. The maximum Gasteiger partial charge on any atom is 0.133 e. The van der Waals surface area contributed by atoms with Crippen molar-refractivity contribution in [3.05, 3.63) is 22.2 Å². The lowest BCUT2D eigenvalue weighted by molar-refractivity contribution is 0.412. The number of hydrogen-bond donors (Lipinski definition) is 1. The van der Waals surface area contributed by atoms with Crippen LogP contribution in [-0.4, -0.2) is 13.7 Å². The second-order valence-electron chi connectivity index (χ2n) is 2.78. The molecular formula is C9H10BrNO. The molecule has 12 heavy (non-hydrogen) atoms. The molecule has 0 unspecified atom stereocenters. The third-order valence-electron chi connectivity index (χ3n) is 2.12.